The van der Waals surface area contributed by atoms with Crippen molar-refractivity contribution in [1.82, 2.24) is 9.97 Å². The number of H-pyrrole nitrogens is 1. The number of thiophene rings is 1. The van der Waals surface area contributed by atoms with Gasteiger partial charge in [-0.1, -0.05) is 63.7 Å². The lowest BCUT2D eigenvalue weighted by Gasteiger charge is -2.19. The van der Waals surface area contributed by atoms with Crippen LogP contribution in [-0.4, -0.2) is 9.97 Å². The van der Waals surface area contributed by atoms with Crippen molar-refractivity contribution in [3.05, 3.63) is 56.2 Å². The summed E-state index contributed by atoms with van der Waals surface area (Å²) in [6.07, 6.45) is 3.26. The third kappa shape index (κ3) is 3.85. The van der Waals surface area contributed by atoms with Crippen molar-refractivity contribution in [2.24, 2.45) is 5.92 Å². The average Bonchev–Trinajstić information content (AvgIpc) is 2.97. The highest BCUT2D eigenvalue weighted by Crippen LogP contribution is 2.36. The molecule has 5 heteroatoms. The highest BCUT2D eigenvalue weighted by Gasteiger charge is 2.23. The van der Waals surface area contributed by atoms with Gasteiger partial charge < -0.3 is 4.98 Å². The number of hydrogen-bond acceptors (Lipinski definition) is 4. The molecule has 0 spiro atoms. The van der Waals surface area contributed by atoms with E-state index in [9.17, 15) is 4.79 Å². The van der Waals surface area contributed by atoms with Crippen LogP contribution < -0.4 is 5.56 Å². The van der Waals surface area contributed by atoms with Crippen molar-refractivity contribution in [2.75, 3.05) is 0 Å². The van der Waals surface area contributed by atoms with E-state index in [1.807, 2.05) is 0 Å². The van der Waals surface area contributed by atoms with E-state index in [1.54, 1.807) is 23.1 Å². The molecule has 27 heavy (non-hydrogen) atoms. The number of nitrogens with one attached hydrogen (secondary N) is 1. The van der Waals surface area contributed by atoms with Gasteiger partial charge in [0.1, 0.15) is 4.83 Å². The van der Waals surface area contributed by atoms with Crippen molar-refractivity contribution >= 4 is 33.3 Å². The Kier molecular flexibility index (Phi) is 4.93. The Hall–Kier alpha value is -1.59. The first-order valence-electron chi connectivity index (χ1n) is 9.58. The zero-order chi connectivity index (χ0) is 19.2. The molecule has 3 aromatic rings. The van der Waals surface area contributed by atoms with Gasteiger partial charge in [0, 0.05) is 10.6 Å². The Morgan fingerprint density at radius 1 is 1.26 bits per heavy atom. The zero-order valence-electron chi connectivity index (χ0n) is 16.4. The van der Waals surface area contributed by atoms with Gasteiger partial charge in [0.2, 0.25) is 0 Å². The Bertz CT molecular complexity index is 1030. The summed E-state index contributed by atoms with van der Waals surface area (Å²) in [4.78, 5) is 22.7. The quantitative estimate of drug-likeness (QED) is 0.455. The Balaban J connectivity index is 1.55. The fraction of sp³-hybridized carbons (Fsp3) is 0.455. The first kappa shape index (κ1) is 18.8. The maximum atomic E-state index is 12.7. The number of aromatic amines is 1. The Morgan fingerprint density at radius 3 is 2.70 bits per heavy atom. The maximum absolute atomic E-state index is 12.7. The number of aryl methyl sites for hydroxylation is 1. The van der Waals surface area contributed by atoms with Crippen LogP contribution in [0.5, 0.6) is 0 Å². The zero-order valence-corrected chi connectivity index (χ0v) is 18.0. The summed E-state index contributed by atoms with van der Waals surface area (Å²) in [5, 5.41) is 1.56. The topological polar surface area (TPSA) is 45.8 Å². The van der Waals surface area contributed by atoms with Crippen LogP contribution in [0.3, 0.4) is 0 Å². The van der Waals surface area contributed by atoms with Gasteiger partial charge >= 0.3 is 0 Å². The van der Waals surface area contributed by atoms with Gasteiger partial charge in [-0.3, -0.25) is 4.79 Å². The Morgan fingerprint density at radius 2 is 2.00 bits per heavy atom. The summed E-state index contributed by atoms with van der Waals surface area (Å²) in [7, 11) is 0. The summed E-state index contributed by atoms with van der Waals surface area (Å²) < 4.78 is 0. The molecule has 2 heterocycles. The molecule has 0 amide bonds. The number of thioether (sulfide) groups is 1. The number of nitrogens with zero attached hydrogens (tertiary/aromatic N) is 1. The molecule has 0 saturated carbocycles. The third-order valence-electron chi connectivity index (χ3n) is 5.34. The van der Waals surface area contributed by atoms with E-state index in [1.165, 1.54) is 28.0 Å². The van der Waals surface area contributed by atoms with E-state index in [4.69, 9.17) is 4.98 Å². The van der Waals surface area contributed by atoms with Crippen molar-refractivity contribution in [2.45, 2.75) is 63.3 Å². The summed E-state index contributed by atoms with van der Waals surface area (Å²) in [5.74, 6) is 1.51. The molecule has 0 radical (unpaired) electrons. The average molecular weight is 399 g/mol. The molecular formula is C22H26N2OS2. The number of rotatable bonds is 3. The van der Waals surface area contributed by atoms with Gasteiger partial charge in [-0.05, 0) is 47.3 Å². The molecule has 1 N–H and O–H groups in total. The molecule has 1 aromatic carbocycles. The SMILES string of the molecule is CC1CCc2c(sc3nc(SCc4ccc(C(C)(C)C)cc4)[nH]c(=O)c23)C1. The Labute approximate surface area is 168 Å². The molecular weight excluding hydrogens is 372 g/mol. The van der Waals surface area contributed by atoms with Crippen molar-refractivity contribution in [3.8, 4) is 0 Å². The number of aromatic nitrogens is 2. The van der Waals surface area contributed by atoms with Gasteiger partial charge in [0.05, 0.1) is 5.39 Å². The maximum Gasteiger partial charge on any atom is 0.260 e. The van der Waals surface area contributed by atoms with Crippen molar-refractivity contribution in [1.29, 1.82) is 0 Å². The van der Waals surface area contributed by atoms with Crippen LogP contribution in [0, 0.1) is 5.92 Å². The summed E-state index contributed by atoms with van der Waals surface area (Å²) >= 11 is 3.32. The first-order chi connectivity index (χ1) is 12.8. The van der Waals surface area contributed by atoms with Gasteiger partial charge in [0.25, 0.3) is 5.56 Å². The van der Waals surface area contributed by atoms with Gasteiger partial charge in [0.15, 0.2) is 5.16 Å². The summed E-state index contributed by atoms with van der Waals surface area (Å²) in [6.45, 7) is 8.96. The van der Waals surface area contributed by atoms with E-state index in [2.05, 4.69) is 56.9 Å². The smallest absolute Gasteiger partial charge is 0.260 e. The standard InChI is InChI=1S/C22H26N2OS2/c1-13-5-10-16-17(11-13)27-20-18(16)19(25)23-21(24-20)26-12-14-6-8-15(9-7-14)22(2,3)4/h6-9,13H,5,10-12H2,1-4H3,(H,23,24,25). The van der Waals surface area contributed by atoms with E-state index in [0.29, 0.717) is 5.92 Å². The van der Waals surface area contributed by atoms with Crippen LogP contribution in [0.25, 0.3) is 10.2 Å². The van der Waals surface area contributed by atoms with Crippen LogP contribution in [-0.2, 0) is 24.0 Å². The molecule has 4 rings (SSSR count). The molecule has 0 aliphatic heterocycles. The van der Waals surface area contributed by atoms with Crippen LogP contribution in [0.4, 0.5) is 0 Å². The number of benzene rings is 1. The molecule has 142 valence electrons. The third-order valence-corrected chi connectivity index (χ3v) is 7.43. The van der Waals surface area contributed by atoms with Crippen molar-refractivity contribution in [3.63, 3.8) is 0 Å². The van der Waals surface area contributed by atoms with Crippen molar-refractivity contribution < 1.29 is 0 Å². The molecule has 1 aliphatic carbocycles. The second-order valence-electron chi connectivity index (χ2n) is 8.64. The van der Waals surface area contributed by atoms with Crippen LogP contribution in [0.2, 0.25) is 0 Å². The van der Waals surface area contributed by atoms with Crippen LogP contribution in [0.15, 0.2) is 34.2 Å². The van der Waals surface area contributed by atoms with E-state index in [-0.39, 0.29) is 11.0 Å². The minimum absolute atomic E-state index is 0.0256. The minimum atomic E-state index is 0.0256. The molecule has 1 aliphatic rings. The lowest BCUT2D eigenvalue weighted by molar-refractivity contribution is 0.509. The predicted molar refractivity (Wildman–Crippen MR) is 116 cm³/mol. The molecule has 0 fully saturated rings. The molecule has 2 aromatic heterocycles. The lowest BCUT2D eigenvalue weighted by Crippen LogP contribution is -2.13. The summed E-state index contributed by atoms with van der Waals surface area (Å²) in [5.41, 5.74) is 4.02. The molecule has 1 atom stereocenters. The van der Waals surface area contributed by atoms with E-state index >= 15 is 0 Å². The molecule has 1 unspecified atom stereocenters. The highest BCUT2D eigenvalue weighted by molar-refractivity contribution is 7.98. The van der Waals surface area contributed by atoms with Crippen LogP contribution in [0.1, 0.15) is 55.7 Å². The normalized spacial score (nSPS) is 17.3. The molecule has 3 nitrogen and oxygen atoms in total. The minimum Gasteiger partial charge on any atom is -0.301 e. The fourth-order valence-electron chi connectivity index (χ4n) is 3.65. The molecule has 0 saturated heterocycles. The van der Waals surface area contributed by atoms with E-state index < -0.39 is 0 Å². The summed E-state index contributed by atoms with van der Waals surface area (Å²) in [6, 6.07) is 8.75. The van der Waals surface area contributed by atoms with Gasteiger partial charge in [-0.15, -0.1) is 11.3 Å². The van der Waals surface area contributed by atoms with Crippen LogP contribution >= 0.6 is 23.1 Å². The number of hydrogen-bond donors (Lipinski definition) is 1. The van der Waals surface area contributed by atoms with Gasteiger partial charge in [-0.25, -0.2) is 4.98 Å². The second-order valence-corrected chi connectivity index (χ2v) is 10.7. The largest absolute Gasteiger partial charge is 0.301 e. The van der Waals surface area contributed by atoms with E-state index in [0.717, 1.165) is 34.0 Å². The number of fused-ring (bicyclic) bond motifs is 3. The monoisotopic (exact) mass is 398 g/mol. The highest BCUT2D eigenvalue weighted by atomic mass is 32.2. The predicted octanol–water partition coefficient (Wildman–Crippen LogP) is 5.70. The fourth-order valence-corrected chi connectivity index (χ4v) is 5.91. The molecule has 0 bridgehead atoms. The lowest BCUT2D eigenvalue weighted by atomic mass is 9.87. The second kappa shape index (κ2) is 7.10. The first-order valence-corrected chi connectivity index (χ1v) is 11.4. The van der Waals surface area contributed by atoms with Gasteiger partial charge in [-0.2, -0.15) is 0 Å².